The van der Waals surface area contributed by atoms with Crippen molar-refractivity contribution in [3.05, 3.63) is 12.7 Å². The number of unbranched alkanes of at least 4 members (excludes halogenated alkanes) is 27. The molecule has 0 aromatic carbocycles. The normalized spacial score (nSPS) is 12.3. The first-order chi connectivity index (χ1) is 18.8. The Hall–Kier alpha value is -0.300. The van der Waals surface area contributed by atoms with Gasteiger partial charge in [0.25, 0.3) is 0 Å². The Bertz CT molecular complexity index is 417. The van der Waals surface area contributed by atoms with Gasteiger partial charge in [0.15, 0.2) is 0 Å². The molecule has 1 atom stereocenters. The number of rotatable bonds is 34. The van der Waals surface area contributed by atoms with Gasteiger partial charge in [-0.3, -0.25) is 0 Å². The van der Waals surface area contributed by atoms with Gasteiger partial charge in [0.05, 0.1) is 0 Å². The Kier molecular flexibility index (Phi) is 34.5. The molecule has 0 aliphatic heterocycles. The van der Waals surface area contributed by atoms with Crippen molar-refractivity contribution in [2.24, 2.45) is 5.92 Å². The summed E-state index contributed by atoms with van der Waals surface area (Å²) < 4.78 is 0. The standard InChI is InChI=1S/C37H74O/c1-3-5-6-7-8-9-10-11-15-18-21-24-27-30-34-37(33-4-2)35-31-28-25-22-19-16-13-12-14-17-20-23-26-29-32-36-38/h4,37-38H,2-3,5-36H2,1H3. The molecule has 0 saturated carbocycles. The lowest BCUT2D eigenvalue weighted by atomic mass is 9.91. The maximum Gasteiger partial charge on any atom is 0.0431 e. The third-order valence-corrected chi connectivity index (χ3v) is 8.74. The van der Waals surface area contributed by atoms with E-state index in [1.165, 1.54) is 199 Å². The lowest BCUT2D eigenvalue weighted by Crippen LogP contribution is -1.99. The predicted molar refractivity (Wildman–Crippen MR) is 174 cm³/mol. The highest BCUT2D eigenvalue weighted by atomic mass is 16.2. The van der Waals surface area contributed by atoms with Crippen LogP contribution >= 0.6 is 0 Å². The molecule has 0 aliphatic rings. The molecule has 0 aromatic rings. The maximum absolute atomic E-state index is 8.80. The first-order valence-corrected chi connectivity index (χ1v) is 18.1. The zero-order chi connectivity index (χ0) is 27.6. The van der Waals surface area contributed by atoms with Crippen molar-refractivity contribution in [2.45, 2.75) is 212 Å². The summed E-state index contributed by atoms with van der Waals surface area (Å²) in [5.41, 5.74) is 0. The van der Waals surface area contributed by atoms with E-state index in [1.807, 2.05) is 0 Å². The molecule has 0 fully saturated rings. The predicted octanol–water partition coefficient (Wildman–Crippen LogP) is 13.3. The highest BCUT2D eigenvalue weighted by Crippen LogP contribution is 2.23. The first kappa shape index (κ1) is 37.7. The average Bonchev–Trinajstić information content (AvgIpc) is 2.92. The fourth-order valence-corrected chi connectivity index (χ4v) is 6.09. The molecule has 0 aliphatic carbocycles. The largest absolute Gasteiger partial charge is 0.396 e. The number of hydrogen-bond donors (Lipinski definition) is 1. The zero-order valence-electron chi connectivity index (χ0n) is 26.6. The van der Waals surface area contributed by atoms with Crippen molar-refractivity contribution in [3.63, 3.8) is 0 Å². The van der Waals surface area contributed by atoms with Crippen molar-refractivity contribution in [1.82, 2.24) is 0 Å². The summed E-state index contributed by atoms with van der Waals surface area (Å²) in [6.07, 6.45) is 47.4. The minimum Gasteiger partial charge on any atom is -0.396 e. The van der Waals surface area contributed by atoms with Crippen molar-refractivity contribution in [2.75, 3.05) is 6.61 Å². The van der Waals surface area contributed by atoms with Crippen molar-refractivity contribution >= 4 is 0 Å². The number of allylic oxidation sites excluding steroid dienone is 1. The Balaban J connectivity index is 3.36. The van der Waals surface area contributed by atoms with Crippen molar-refractivity contribution in [1.29, 1.82) is 0 Å². The second-order valence-corrected chi connectivity index (χ2v) is 12.6. The first-order valence-electron chi connectivity index (χ1n) is 18.1. The molecule has 0 radical (unpaired) electrons. The van der Waals surface area contributed by atoms with Crippen LogP contribution in [0.4, 0.5) is 0 Å². The van der Waals surface area contributed by atoms with Crippen LogP contribution in [-0.2, 0) is 0 Å². The molecule has 0 saturated heterocycles. The zero-order valence-corrected chi connectivity index (χ0v) is 26.6. The molecule has 0 spiro atoms. The third-order valence-electron chi connectivity index (χ3n) is 8.74. The highest BCUT2D eigenvalue weighted by Gasteiger charge is 2.07. The fraction of sp³-hybridized carbons (Fsp3) is 0.946. The van der Waals surface area contributed by atoms with Gasteiger partial charge in [-0.25, -0.2) is 0 Å². The van der Waals surface area contributed by atoms with Crippen LogP contribution in [-0.4, -0.2) is 11.7 Å². The van der Waals surface area contributed by atoms with E-state index < -0.39 is 0 Å². The van der Waals surface area contributed by atoms with E-state index in [4.69, 9.17) is 5.11 Å². The van der Waals surface area contributed by atoms with Gasteiger partial charge in [0.1, 0.15) is 0 Å². The Labute approximate surface area is 242 Å². The molecule has 1 N–H and O–H groups in total. The van der Waals surface area contributed by atoms with Gasteiger partial charge in [-0.15, -0.1) is 6.58 Å². The van der Waals surface area contributed by atoms with Gasteiger partial charge in [-0.05, 0) is 18.8 Å². The molecular weight excluding hydrogens is 460 g/mol. The summed E-state index contributed by atoms with van der Waals surface area (Å²) in [5, 5.41) is 8.80. The van der Waals surface area contributed by atoms with E-state index in [1.54, 1.807) is 0 Å². The molecule has 228 valence electrons. The Morgan fingerprint density at radius 3 is 0.947 bits per heavy atom. The summed E-state index contributed by atoms with van der Waals surface area (Å²) in [6, 6.07) is 0. The molecule has 38 heavy (non-hydrogen) atoms. The maximum atomic E-state index is 8.80. The topological polar surface area (TPSA) is 20.2 Å². The van der Waals surface area contributed by atoms with Gasteiger partial charge >= 0.3 is 0 Å². The number of hydrogen-bond acceptors (Lipinski definition) is 1. The van der Waals surface area contributed by atoms with E-state index in [9.17, 15) is 0 Å². The lowest BCUT2D eigenvalue weighted by Gasteiger charge is -2.15. The molecule has 0 amide bonds. The van der Waals surface area contributed by atoms with Crippen LogP contribution in [0.3, 0.4) is 0 Å². The smallest absolute Gasteiger partial charge is 0.0431 e. The quantitative estimate of drug-likeness (QED) is 0.0642. The summed E-state index contributed by atoms with van der Waals surface area (Å²) in [5.74, 6) is 0.902. The van der Waals surface area contributed by atoms with Crippen LogP contribution in [0.2, 0.25) is 0 Å². The van der Waals surface area contributed by atoms with E-state index >= 15 is 0 Å². The van der Waals surface area contributed by atoms with Crippen LogP contribution in [0, 0.1) is 5.92 Å². The van der Waals surface area contributed by atoms with Crippen LogP contribution in [0.5, 0.6) is 0 Å². The molecule has 1 nitrogen and oxygen atoms in total. The molecule has 0 heterocycles. The van der Waals surface area contributed by atoms with Gasteiger partial charge in [0.2, 0.25) is 0 Å². The second kappa shape index (κ2) is 34.7. The van der Waals surface area contributed by atoms with Crippen LogP contribution in [0.25, 0.3) is 0 Å². The van der Waals surface area contributed by atoms with Crippen LogP contribution < -0.4 is 0 Å². The average molecular weight is 535 g/mol. The SMILES string of the molecule is C=CCC(CCCCCCCCCCCCCCCC)CCCCCCCCCCCCCCCCCO. The fourth-order valence-electron chi connectivity index (χ4n) is 6.09. The van der Waals surface area contributed by atoms with Crippen molar-refractivity contribution < 1.29 is 5.11 Å². The van der Waals surface area contributed by atoms with Gasteiger partial charge in [0, 0.05) is 6.61 Å². The Morgan fingerprint density at radius 2 is 0.684 bits per heavy atom. The highest BCUT2D eigenvalue weighted by molar-refractivity contribution is 4.73. The second-order valence-electron chi connectivity index (χ2n) is 12.6. The van der Waals surface area contributed by atoms with E-state index in [0.29, 0.717) is 6.61 Å². The summed E-state index contributed by atoms with van der Waals surface area (Å²) in [6.45, 7) is 6.71. The lowest BCUT2D eigenvalue weighted by molar-refractivity contribution is 0.282. The monoisotopic (exact) mass is 535 g/mol. The van der Waals surface area contributed by atoms with Crippen molar-refractivity contribution in [3.8, 4) is 0 Å². The van der Waals surface area contributed by atoms with Crippen LogP contribution in [0.1, 0.15) is 212 Å². The molecule has 1 heteroatoms. The molecule has 0 aromatic heterocycles. The van der Waals surface area contributed by atoms with Gasteiger partial charge in [-0.1, -0.05) is 206 Å². The third kappa shape index (κ3) is 31.9. The number of aliphatic hydroxyl groups excluding tert-OH is 1. The van der Waals surface area contributed by atoms with Crippen LogP contribution in [0.15, 0.2) is 12.7 Å². The molecule has 1 unspecified atom stereocenters. The van der Waals surface area contributed by atoms with E-state index in [0.717, 1.165) is 12.3 Å². The van der Waals surface area contributed by atoms with Gasteiger partial charge < -0.3 is 5.11 Å². The molecule has 0 bridgehead atoms. The summed E-state index contributed by atoms with van der Waals surface area (Å²) >= 11 is 0. The minimum absolute atomic E-state index is 0.370. The number of aliphatic hydroxyl groups is 1. The van der Waals surface area contributed by atoms with E-state index in [-0.39, 0.29) is 0 Å². The van der Waals surface area contributed by atoms with E-state index in [2.05, 4.69) is 19.6 Å². The molecular formula is C37H74O. The Morgan fingerprint density at radius 1 is 0.421 bits per heavy atom. The molecule has 0 rings (SSSR count). The minimum atomic E-state index is 0.370. The summed E-state index contributed by atoms with van der Waals surface area (Å²) in [7, 11) is 0. The van der Waals surface area contributed by atoms with Gasteiger partial charge in [-0.2, -0.15) is 0 Å². The summed E-state index contributed by atoms with van der Waals surface area (Å²) in [4.78, 5) is 0.